The van der Waals surface area contributed by atoms with Crippen LogP contribution in [0.25, 0.3) is 11.0 Å². The summed E-state index contributed by atoms with van der Waals surface area (Å²) in [6.45, 7) is 0. The number of fused-ring (bicyclic) bond motifs is 1. The van der Waals surface area contributed by atoms with Crippen molar-refractivity contribution in [1.82, 2.24) is 20.2 Å². The van der Waals surface area contributed by atoms with Crippen molar-refractivity contribution in [3.8, 4) is 0 Å². The molecule has 0 saturated heterocycles. The van der Waals surface area contributed by atoms with Crippen molar-refractivity contribution < 1.29 is 4.79 Å². The Balaban J connectivity index is 1.13. The minimum atomic E-state index is -0.220. The Morgan fingerprint density at radius 3 is 2.27 bits per heavy atom. The van der Waals surface area contributed by atoms with Crippen LogP contribution in [0.2, 0.25) is 0 Å². The molecule has 0 fully saturated rings. The molecule has 5 rings (SSSR count). The maximum atomic E-state index is 12.4. The summed E-state index contributed by atoms with van der Waals surface area (Å²) in [5, 5.41) is 12.7. The number of hydrogen-bond acceptors (Lipinski definition) is 4. The molecule has 0 unspecified atom stereocenters. The highest BCUT2D eigenvalue weighted by Crippen LogP contribution is 2.18. The maximum absolute atomic E-state index is 12.4. The van der Waals surface area contributed by atoms with Crippen LogP contribution in [0.5, 0.6) is 0 Å². The zero-order valence-electron chi connectivity index (χ0n) is 20.5. The Morgan fingerprint density at radius 1 is 0.757 bits per heavy atom. The molecule has 5 aromatic rings. The van der Waals surface area contributed by atoms with Gasteiger partial charge in [-0.1, -0.05) is 60.7 Å². The fraction of sp³-hybridized carbons (Fsp3) is 0.200. The quantitative estimate of drug-likeness (QED) is 0.240. The summed E-state index contributed by atoms with van der Waals surface area (Å²) < 4.78 is 0. The topological polar surface area (TPSA) is 104 Å². The lowest BCUT2D eigenvalue weighted by molar-refractivity contribution is -0.115. The van der Waals surface area contributed by atoms with Crippen LogP contribution in [-0.4, -0.2) is 26.1 Å². The number of hydrogen-bond donors (Lipinski definition) is 3. The van der Waals surface area contributed by atoms with Crippen LogP contribution in [0.15, 0.2) is 89.7 Å². The van der Waals surface area contributed by atoms with Crippen molar-refractivity contribution in [1.29, 1.82) is 0 Å². The van der Waals surface area contributed by atoms with Crippen molar-refractivity contribution in [2.75, 3.05) is 5.32 Å². The molecule has 1 amide bonds. The van der Waals surface area contributed by atoms with Crippen molar-refractivity contribution in [2.45, 2.75) is 38.5 Å². The van der Waals surface area contributed by atoms with E-state index in [0.717, 1.165) is 59.4 Å². The molecule has 37 heavy (non-hydrogen) atoms. The van der Waals surface area contributed by atoms with Crippen molar-refractivity contribution in [3.05, 3.63) is 123 Å². The van der Waals surface area contributed by atoms with Crippen LogP contribution in [0.3, 0.4) is 0 Å². The average molecular weight is 492 g/mol. The van der Waals surface area contributed by atoms with Gasteiger partial charge >= 0.3 is 0 Å². The van der Waals surface area contributed by atoms with E-state index >= 15 is 0 Å². The third kappa shape index (κ3) is 6.79. The summed E-state index contributed by atoms with van der Waals surface area (Å²) in [6, 6.07) is 27.4. The molecule has 186 valence electrons. The highest BCUT2D eigenvalue weighted by molar-refractivity contribution is 5.92. The number of aryl methyl sites for hydroxylation is 2. The number of amides is 1. The molecule has 0 bridgehead atoms. The van der Waals surface area contributed by atoms with Crippen LogP contribution in [-0.2, 0) is 30.5 Å². The number of benzene rings is 2. The normalized spacial score (nSPS) is 11.0. The molecule has 0 aliphatic heterocycles. The van der Waals surface area contributed by atoms with Crippen LogP contribution in [0.4, 0.5) is 5.69 Å². The smallest absolute Gasteiger partial charge is 0.250 e. The van der Waals surface area contributed by atoms with Crippen molar-refractivity contribution in [2.24, 2.45) is 0 Å². The van der Waals surface area contributed by atoms with E-state index in [1.165, 1.54) is 11.6 Å². The molecule has 2 aromatic carbocycles. The van der Waals surface area contributed by atoms with E-state index in [2.05, 4.69) is 49.7 Å². The van der Waals surface area contributed by atoms with E-state index in [1.807, 2.05) is 54.6 Å². The van der Waals surface area contributed by atoms with Crippen LogP contribution in [0, 0.1) is 0 Å². The van der Waals surface area contributed by atoms with Gasteiger partial charge in [-0.05, 0) is 55.0 Å². The predicted molar refractivity (Wildman–Crippen MR) is 146 cm³/mol. The van der Waals surface area contributed by atoms with Crippen molar-refractivity contribution >= 4 is 22.6 Å². The Kier molecular flexibility index (Phi) is 7.50. The Hall–Kier alpha value is -4.52. The second-order valence-corrected chi connectivity index (χ2v) is 9.27. The van der Waals surface area contributed by atoms with Gasteiger partial charge in [-0.3, -0.25) is 9.59 Å². The van der Waals surface area contributed by atoms with Gasteiger partial charge in [0.1, 0.15) is 0 Å². The van der Waals surface area contributed by atoms with Gasteiger partial charge < -0.3 is 15.3 Å². The number of unbranched alkanes of at least 4 members (excludes halogenated alkanes) is 1. The summed E-state index contributed by atoms with van der Waals surface area (Å²) in [5.41, 5.74) is 6.16. The summed E-state index contributed by atoms with van der Waals surface area (Å²) in [7, 11) is 0. The lowest BCUT2D eigenvalue weighted by Crippen LogP contribution is -2.17. The second kappa shape index (κ2) is 11.5. The lowest BCUT2D eigenvalue weighted by Gasteiger charge is -2.08. The van der Waals surface area contributed by atoms with E-state index in [-0.39, 0.29) is 17.9 Å². The molecule has 7 nitrogen and oxygen atoms in total. The number of nitrogens with one attached hydrogen (secondary N) is 3. The molecule has 3 heterocycles. The standard InChI is InChI=1S/C30H29N5O2/c36-28(16-22-11-5-2-6-12-22)32-27-19-24(31-29(37)20-27)13-7-8-14-25-17-23-18-26(33-30(23)35-34-25)15-21-9-3-1-4-10-21/h1-6,9-12,17-20H,7-8,13-16H2,(H,33,35)(H2,31,32,36,37). The van der Waals surface area contributed by atoms with E-state index in [9.17, 15) is 9.59 Å². The van der Waals surface area contributed by atoms with Gasteiger partial charge in [0.05, 0.1) is 12.1 Å². The molecule has 0 aliphatic carbocycles. The van der Waals surface area contributed by atoms with Gasteiger partial charge in [0.15, 0.2) is 5.65 Å². The minimum Gasteiger partial charge on any atom is -0.341 e. The van der Waals surface area contributed by atoms with Gasteiger partial charge in [-0.2, -0.15) is 5.10 Å². The average Bonchev–Trinajstić information content (AvgIpc) is 3.29. The van der Waals surface area contributed by atoms with Gasteiger partial charge in [0, 0.05) is 34.9 Å². The summed E-state index contributed by atoms with van der Waals surface area (Å²) in [5.74, 6) is -0.145. The minimum absolute atomic E-state index is 0.145. The SMILES string of the molecule is O=C(Cc1ccccc1)Nc1cc(CCCCc2cc3cc(Cc4ccccc4)[nH]c3nn2)[nH]c(=O)c1. The van der Waals surface area contributed by atoms with Gasteiger partial charge in [0.25, 0.3) is 0 Å². The summed E-state index contributed by atoms with van der Waals surface area (Å²) in [4.78, 5) is 30.7. The Morgan fingerprint density at radius 2 is 1.49 bits per heavy atom. The molecule has 0 atom stereocenters. The number of carbonyl (C=O) groups is 1. The first-order chi connectivity index (χ1) is 18.1. The number of anilines is 1. The third-order valence-electron chi connectivity index (χ3n) is 6.24. The number of rotatable bonds is 10. The third-order valence-corrected chi connectivity index (χ3v) is 6.24. The largest absolute Gasteiger partial charge is 0.341 e. The zero-order chi connectivity index (χ0) is 25.5. The van der Waals surface area contributed by atoms with E-state index in [1.54, 1.807) is 0 Å². The number of pyridine rings is 1. The van der Waals surface area contributed by atoms with Gasteiger partial charge in [-0.15, -0.1) is 5.10 Å². The van der Waals surface area contributed by atoms with Gasteiger partial charge in [0.2, 0.25) is 11.5 Å². The van der Waals surface area contributed by atoms with Crippen LogP contribution < -0.4 is 10.9 Å². The highest BCUT2D eigenvalue weighted by Gasteiger charge is 2.08. The molecule has 3 aromatic heterocycles. The van der Waals surface area contributed by atoms with Crippen molar-refractivity contribution in [3.63, 3.8) is 0 Å². The van der Waals surface area contributed by atoms with E-state index in [4.69, 9.17) is 0 Å². The molecule has 0 aliphatic rings. The predicted octanol–water partition coefficient (Wildman–Crippen LogP) is 4.98. The number of H-pyrrole nitrogens is 2. The summed E-state index contributed by atoms with van der Waals surface area (Å²) in [6.07, 6.45) is 4.40. The molecular weight excluding hydrogens is 462 g/mol. The zero-order valence-corrected chi connectivity index (χ0v) is 20.5. The number of aromatic nitrogens is 4. The lowest BCUT2D eigenvalue weighted by atomic mass is 10.1. The molecule has 3 N–H and O–H groups in total. The fourth-order valence-corrected chi connectivity index (χ4v) is 4.48. The molecule has 0 saturated carbocycles. The molecule has 7 heteroatoms. The Labute approximate surface area is 215 Å². The van der Waals surface area contributed by atoms with Crippen LogP contribution >= 0.6 is 0 Å². The molecule has 0 spiro atoms. The van der Waals surface area contributed by atoms with Crippen LogP contribution in [0.1, 0.15) is 41.1 Å². The molecular formula is C30H29N5O2. The fourth-order valence-electron chi connectivity index (χ4n) is 4.48. The highest BCUT2D eigenvalue weighted by atomic mass is 16.1. The van der Waals surface area contributed by atoms with E-state index < -0.39 is 0 Å². The number of aromatic amines is 2. The maximum Gasteiger partial charge on any atom is 0.250 e. The first kappa shape index (κ1) is 24.2. The molecule has 0 radical (unpaired) electrons. The first-order valence-electron chi connectivity index (χ1n) is 12.6. The number of nitrogens with zero attached hydrogens (tertiary/aromatic N) is 2. The Bertz CT molecular complexity index is 1540. The second-order valence-electron chi connectivity index (χ2n) is 9.27. The van der Waals surface area contributed by atoms with Gasteiger partial charge in [-0.25, -0.2) is 0 Å². The number of carbonyl (C=O) groups excluding carboxylic acids is 1. The first-order valence-corrected chi connectivity index (χ1v) is 12.6. The monoisotopic (exact) mass is 491 g/mol. The summed E-state index contributed by atoms with van der Waals surface area (Å²) >= 11 is 0. The van der Waals surface area contributed by atoms with E-state index in [0.29, 0.717) is 12.1 Å².